The molecule has 4 nitrogen and oxygen atoms in total. The van der Waals surface area contributed by atoms with E-state index in [9.17, 15) is 9.59 Å². The van der Waals surface area contributed by atoms with Crippen LogP contribution in [0.1, 0.15) is 18.4 Å². The van der Waals surface area contributed by atoms with Gasteiger partial charge in [0.2, 0.25) is 11.8 Å². The fourth-order valence-electron chi connectivity index (χ4n) is 1.86. The highest BCUT2D eigenvalue weighted by Gasteiger charge is 2.30. The zero-order chi connectivity index (χ0) is 12.8. The van der Waals surface area contributed by atoms with Gasteiger partial charge in [-0.2, -0.15) is 0 Å². The van der Waals surface area contributed by atoms with E-state index in [1.165, 1.54) is 0 Å². The normalized spacial score (nSPS) is 13.6. The van der Waals surface area contributed by atoms with E-state index in [2.05, 4.69) is 10.6 Å². The van der Waals surface area contributed by atoms with Crippen molar-refractivity contribution >= 4 is 11.8 Å². The Morgan fingerprint density at radius 3 is 2.00 bits per heavy atom. The summed E-state index contributed by atoms with van der Waals surface area (Å²) < 4.78 is 0. The highest BCUT2D eigenvalue weighted by molar-refractivity contribution is 5.90. The number of likely N-dealkylation sites (N-methyl/N-ethyl adjacent to an activating group) is 1. The van der Waals surface area contributed by atoms with Crippen LogP contribution in [0.25, 0.3) is 0 Å². The van der Waals surface area contributed by atoms with Crippen LogP contribution in [0.5, 0.6) is 0 Å². The minimum atomic E-state index is -0.457. The zero-order valence-electron chi connectivity index (χ0n) is 10.4. The van der Waals surface area contributed by atoms with E-state index in [1.54, 1.807) is 21.0 Å². The molecule has 0 aliphatic rings. The number of benzene rings is 1. The lowest BCUT2D eigenvalue weighted by atomic mass is 9.86. The van der Waals surface area contributed by atoms with E-state index in [4.69, 9.17) is 0 Å². The van der Waals surface area contributed by atoms with E-state index in [-0.39, 0.29) is 11.8 Å². The molecule has 0 aliphatic heterocycles. The van der Waals surface area contributed by atoms with Gasteiger partial charge in [0, 0.05) is 14.1 Å². The Hall–Kier alpha value is -1.84. The maximum atomic E-state index is 11.9. The summed E-state index contributed by atoms with van der Waals surface area (Å²) in [5.74, 6) is -1.14. The molecule has 2 atom stereocenters. The van der Waals surface area contributed by atoms with Gasteiger partial charge in [-0.05, 0) is 5.56 Å². The Morgan fingerprint density at radius 2 is 1.53 bits per heavy atom. The third kappa shape index (κ3) is 3.06. The largest absolute Gasteiger partial charge is 0.359 e. The number of rotatable bonds is 4. The maximum absolute atomic E-state index is 11.9. The summed E-state index contributed by atoms with van der Waals surface area (Å²) in [5, 5.41) is 5.18. The summed E-state index contributed by atoms with van der Waals surface area (Å²) in [7, 11) is 3.15. The van der Waals surface area contributed by atoms with Crippen molar-refractivity contribution in [2.24, 2.45) is 5.92 Å². The summed E-state index contributed by atoms with van der Waals surface area (Å²) in [6.07, 6.45) is 0. The van der Waals surface area contributed by atoms with Crippen LogP contribution in [0.15, 0.2) is 30.3 Å². The molecule has 0 saturated carbocycles. The fraction of sp³-hybridized carbons (Fsp3) is 0.385. The minimum absolute atomic E-state index is 0.137. The van der Waals surface area contributed by atoms with Gasteiger partial charge in [0.1, 0.15) is 0 Å². The van der Waals surface area contributed by atoms with Crippen molar-refractivity contribution in [1.29, 1.82) is 0 Å². The molecule has 0 unspecified atom stereocenters. The quantitative estimate of drug-likeness (QED) is 0.813. The SMILES string of the molecule is CNC(=O)[C@@H](C)[C@@H](C(=O)NC)c1ccccc1. The molecule has 2 N–H and O–H groups in total. The van der Waals surface area contributed by atoms with Crippen molar-refractivity contribution in [3.63, 3.8) is 0 Å². The lowest BCUT2D eigenvalue weighted by Gasteiger charge is -2.21. The van der Waals surface area contributed by atoms with Gasteiger partial charge in [-0.25, -0.2) is 0 Å². The smallest absolute Gasteiger partial charge is 0.228 e. The zero-order valence-corrected chi connectivity index (χ0v) is 10.4. The van der Waals surface area contributed by atoms with Gasteiger partial charge < -0.3 is 10.6 Å². The molecular weight excluding hydrogens is 216 g/mol. The average molecular weight is 234 g/mol. The molecule has 0 heterocycles. The molecule has 92 valence electrons. The highest BCUT2D eigenvalue weighted by Crippen LogP contribution is 2.24. The Labute approximate surface area is 101 Å². The van der Waals surface area contributed by atoms with Crippen LogP contribution in [0, 0.1) is 5.92 Å². The molecule has 1 aromatic carbocycles. The molecule has 0 aliphatic carbocycles. The number of nitrogens with one attached hydrogen (secondary N) is 2. The second-order valence-corrected chi connectivity index (χ2v) is 3.91. The Bertz CT molecular complexity index is 390. The van der Waals surface area contributed by atoms with E-state index >= 15 is 0 Å². The van der Waals surface area contributed by atoms with Crippen LogP contribution in [-0.2, 0) is 9.59 Å². The van der Waals surface area contributed by atoms with Gasteiger partial charge in [0.25, 0.3) is 0 Å². The minimum Gasteiger partial charge on any atom is -0.359 e. The van der Waals surface area contributed by atoms with Crippen LogP contribution in [0.4, 0.5) is 0 Å². The van der Waals surface area contributed by atoms with Crippen molar-refractivity contribution in [3.8, 4) is 0 Å². The fourth-order valence-corrected chi connectivity index (χ4v) is 1.86. The topological polar surface area (TPSA) is 58.2 Å². The lowest BCUT2D eigenvalue weighted by molar-refractivity contribution is -0.130. The Balaban J connectivity index is 3.05. The number of hydrogen-bond acceptors (Lipinski definition) is 2. The van der Waals surface area contributed by atoms with Crippen molar-refractivity contribution in [1.82, 2.24) is 10.6 Å². The predicted molar refractivity (Wildman–Crippen MR) is 66.5 cm³/mol. The summed E-state index contributed by atoms with van der Waals surface area (Å²) in [6.45, 7) is 1.76. The first kappa shape index (κ1) is 13.2. The molecule has 0 bridgehead atoms. The number of carbonyl (C=O) groups is 2. The molecule has 0 aromatic heterocycles. The number of amides is 2. The third-order valence-electron chi connectivity index (χ3n) is 2.85. The maximum Gasteiger partial charge on any atom is 0.228 e. The molecule has 0 saturated heterocycles. The van der Waals surface area contributed by atoms with Crippen molar-refractivity contribution in [2.45, 2.75) is 12.8 Å². The first-order valence-electron chi connectivity index (χ1n) is 5.60. The molecule has 1 rings (SSSR count). The van der Waals surface area contributed by atoms with Crippen molar-refractivity contribution < 1.29 is 9.59 Å². The van der Waals surface area contributed by atoms with E-state index < -0.39 is 11.8 Å². The van der Waals surface area contributed by atoms with E-state index in [0.717, 1.165) is 5.56 Å². The first-order chi connectivity index (χ1) is 8.11. The number of carbonyl (C=O) groups excluding carboxylic acids is 2. The van der Waals surface area contributed by atoms with Gasteiger partial charge in [0.05, 0.1) is 11.8 Å². The second kappa shape index (κ2) is 6.03. The molecule has 0 spiro atoms. The first-order valence-corrected chi connectivity index (χ1v) is 5.60. The van der Waals surface area contributed by atoms with E-state index in [0.29, 0.717) is 0 Å². The summed E-state index contributed by atoms with van der Waals surface area (Å²) in [6, 6.07) is 9.33. The molecular formula is C13H18N2O2. The monoisotopic (exact) mass is 234 g/mol. The summed E-state index contributed by atoms with van der Waals surface area (Å²) in [4.78, 5) is 23.5. The standard InChI is InChI=1S/C13H18N2O2/c1-9(12(16)14-2)11(13(17)15-3)10-7-5-4-6-8-10/h4-9,11H,1-3H3,(H,14,16)(H,15,17)/t9-,11+/m0/s1. The third-order valence-corrected chi connectivity index (χ3v) is 2.85. The average Bonchev–Trinajstić information content (AvgIpc) is 2.38. The summed E-state index contributed by atoms with van der Waals surface area (Å²) >= 11 is 0. The van der Waals surface area contributed by atoms with Crippen LogP contribution >= 0.6 is 0 Å². The van der Waals surface area contributed by atoms with Crippen LogP contribution in [0.2, 0.25) is 0 Å². The second-order valence-electron chi connectivity index (χ2n) is 3.91. The molecule has 0 radical (unpaired) electrons. The van der Waals surface area contributed by atoms with Crippen LogP contribution in [0.3, 0.4) is 0 Å². The Morgan fingerprint density at radius 1 is 1.00 bits per heavy atom. The van der Waals surface area contributed by atoms with Gasteiger partial charge in [-0.1, -0.05) is 37.3 Å². The molecule has 17 heavy (non-hydrogen) atoms. The summed E-state index contributed by atoms with van der Waals surface area (Å²) in [5.41, 5.74) is 0.850. The molecule has 2 amide bonds. The van der Waals surface area contributed by atoms with Gasteiger partial charge >= 0.3 is 0 Å². The molecule has 4 heteroatoms. The Kier molecular flexibility index (Phi) is 4.69. The van der Waals surface area contributed by atoms with E-state index in [1.807, 2.05) is 30.3 Å². The van der Waals surface area contributed by atoms with Gasteiger partial charge in [0.15, 0.2) is 0 Å². The van der Waals surface area contributed by atoms with Crippen LogP contribution < -0.4 is 10.6 Å². The van der Waals surface area contributed by atoms with Crippen molar-refractivity contribution in [3.05, 3.63) is 35.9 Å². The number of hydrogen-bond donors (Lipinski definition) is 2. The van der Waals surface area contributed by atoms with Gasteiger partial charge in [-0.3, -0.25) is 9.59 Å². The van der Waals surface area contributed by atoms with Crippen LogP contribution in [-0.4, -0.2) is 25.9 Å². The highest BCUT2D eigenvalue weighted by atomic mass is 16.2. The van der Waals surface area contributed by atoms with Gasteiger partial charge in [-0.15, -0.1) is 0 Å². The van der Waals surface area contributed by atoms with Crippen molar-refractivity contribution in [2.75, 3.05) is 14.1 Å². The predicted octanol–water partition coefficient (Wildman–Crippen LogP) is 0.898. The lowest BCUT2D eigenvalue weighted by Crippen LogP contribution is -2.37. The molecule has 1 aromatic rings. The molecule has 0 fully saturated rings.